The summed E-state index contributed by atoms with van der Waals surface area (Å²) in [6.45, 7) is 4.35. The number of aromatic nitrogens is 3. The van der Waals surface area contributed by atoms with Crippen LogP contribution in [0.1, 0.15) is 40.5 Å². The van der Waals surface area contributed by atoms with Gasteiger partial charge in [0.25, 0.3) is 5.91 Å². The van der Waals surface area contributed by atoms with Gasteiger partial charge in [-0.3, -0.25) is 14.6 Å². The molecule has 0 spiro atoms. The molecule has 162 valence electrons. The summed E-state index contributed by atoms with van der Waals surface area (Å²) in [5.74, 6) is 1.53. The number of methoxy groups -OCH3 is 1. The van der Waals surface area contributed by atoms with Crippen LogP contribution in [0.25, 0.3) is 11.4 Å². The lowest BCUT2D eigenvalue weighted by Gasteiger charge is -2.27. The topological polar surface area (TPSA) is 115 Å². The normalized spacial score (nSPS) is 13.6. The van der Waals surface area contributed by atoms with E-state index >= 15 is 0 Å². The maximum Gasteiger partial charge on any atom is 0.277 e. The summed E-state index contributed by atoms with van der Waals surface area (Å²) in [5, 5.41) is 10.8. The van der Waals surface area contributed by atoms with E-state index in [0.717, 1.165) is 11.3 Å². The Hall–Kier alpha value is -3.69. The van der Waals surface area contributed by atoms with Crippen molar-refractivity contribution in [2.75, 3.05) is 20.2 Å². The van der Waals surface area contributed by atoms with Crippen LogP contribution in [-0.4, -0.2) is 57.3 Å². The maximum absolute atomic E-state index is 12.9. The summed E-state index contributed by atoms with van der Waals surface area (Å²) in [5.41, 5.74) is 1.71. The van der Waals surface area contributed by atoms with E-state index in [1.165, 1.54) is 10.0 Å². The molecule has 0 bridgehead atoms. The van der Waals surface area contributed by atoms with Crippen molar-refractivity contribution in [2.45, 2.75) is 33.1 Å². The van der Waals surface area contributed by atoms with Gasteiger partial charge >= 0.3 is 0 Å². The van der Waals surface area contributed by atoms with E-state index in [-0.39, 0.29) is 24.7 Å². The van der Waals surface area contributed by atoms with Crippen molar-refractivity contribution in [3.63, 3.8) is 0 Å². The number of hydrogen-bond acceptors (Lipinski definition) is 8. The fraction of sp³-hybridized carbons (Fsp3) is 0.381. The lowest BCUT2D eigenvalue weighted by atomic mass is 10.2. The number of benzene rings is 1. The first-order valence-corrected chi connectivity index (χ1v) is 10.00. The molecule has 0 radical (unpaired) electrons. The number of amides is 2. The third-order valence-corrected chi connectivity index (χ3v) is 5.17. The highest BCUT2D eigenvalue weighted by Gasteiger charge is 2.33. The highest BCUT2D eigenvalue weighted by molar-refractivity contribution is 5.97. The number of hydrogen-bond donors (Lipinski definition) is 0. The molecule has 1 aliphatic heterocycles. The Morgan fingerprint density at radius 2 is 1.81 bits per heavy atom. The number of ether oxygens (including phenoxy) is 1. The summed E-state index contributed by atoms with van der Waals surface area (Å²) in [4.78, 5) is 30.1. The first-order chi connectivity index (χ1) is 15.0. The van der Waals surface area contributed by atoms with Gasteiger partial charge < -0.3 is 13.8 Å². The van der Waals surface area contributed by atoms with Gasteiger partial charge in [-0.1, -0.05) is 10.3 Å². The van der Waals surface area contributed by atoms with Crippen LogP contribution < -0.4 is 4.74 Å². The van der Waals surface area contributed by atoms with Gasteiger partial charge in [-0.25, -0.2) is 5.01 Å². The smallest absolute Gasteiger partial charge is 0.277 e. The van der Waals surface area contributed by atoms with E-state index in [2.05, 4.69) is 15.3 Å². The van der Waals surface area contributed by atoms with Crippen LogP contribution in [0.5, 0.6) is 5.75 Å². The minimum absolute atomic E-state index is 0.148. The zero-order chi connectivity index (χ0) is 22.0. The maximum atomic E-state index is 12.9. The molecule has 1 aromatic carbocycles. The minimum Gasteiger partial charge on any atom is -0.497 e. The number of carbonyl (C=O) groups is 2. The molecule has 0 aliphatic carbocycles. The molecule has 0 unspecified atom stereocenters. The molecule has 1 aliphatic rings. The Morgan fingerprint density at radius 3 is 2.48 bits per heavy atom. The zero-order valence-corrected chi connectivity index (χ0v) is 17.6. The third-order valence-electron chi connectivity index (χ3n) is 5.17. The van der Waals surface area contributed by atoms with Crippen LogP contribution in [0.2, 0.25) is 0 Å². The van der Waals surface area contributed by atoms with Gasteiger partial charge in [-0.15, -0.1) is 0 Å². The van der Waals surface area contributed by atoms with Crippen molar-refractivity contribution in [1.29, 1.82) is 0 Å². The minimum atomic E-state index is -0.276. The summed E-state index contributed by atoms with van der Waals surface area (Å²) in [6.07, 6.45) is 1.14. The molecule has 1 fully saturated rings. The molecule has 1 saturated heterocycles. The monoisotopic (exact) mass is 425 g/mol. The van der Waals surface area contributed by atoms with Gasteiger partial charge in [0.1, 0.15) is 17.1 Å². The van der Waals surface area contributed by atoms with Crippen molar-refractivity contribution in [2.24, 2.45) is 0 Å². The van der Waals surface area contributed by atoms with Gasteiger partial charge in [-0.05, 0) is 44.5 Å². The molecule has 31 heavy (non-hydrogen) atoms. The zero-order valence-electron chi connectivity index (χ0n) is 17.6. The quantitative estimate of drug-likeness (QED) is 0.592. The summed E-state index contributed by atoms with van der Waals surface area (Å²) in [6, 6.07) is 7.29. The number of carbonyl (C=O) groups excluding carboxylic acids is 2. The first-order valence-electron chi connectivity index (χ1n) is 10.00. The first kappa shape index (κ1) is 20.6. The van der Waals surface area contributed by atoms with Gasteiger partial charge in [0.05, 0.1) is 12.8 Å². The number of nitrogens with zero attached hydrogens (tertiary/aromatic N) is 5. The Morgan fingerprint density at radius 1 is 1.06 bits per heavy atom. The SMILES string of the molecule is COc1ccc(-c2noc(CCC(=O)N3CCCN3C(=O)c3c(C)noc3C)n2)cc1. The van der Waals surface area contributed by atoms with Crippen LogP contribution in [0, 0.1) is 13.8 Å². The summed E-state index contributed by atoms with van der Waals surface area (Å²) in [7, 11) is 1.60. The van der Waals surface area contributed by atoms with Gasteiger partial charge in [0.2, 0.25) is 17.6 Å². The second-order valence-electron chi connectivity index (χ2n) is 7.24. The van der Waals surface area contributed by atoms with Crippen molar-refractivity contribution in [3.05, 3.63) is 47.2 Å². The largest absolute Gasteiger partial charge is 0.497 e. The predicted octanol–water partition coefficient (Wildman–Crippen LogP) is 2.57. The van der Waals surface area contributed by atoms with Crippen LogP contribution in [0.4, 0.5) is 0 Å². The Kier molecular flexibility index (Phi) is 5.70. The second-order valence-corrected chi connectivity index (χ2v) is 7.24. The number of hydrazine groups is 1. The van der Waals surface area contributed by atoms with Crippen molar-refractivity contribution < 1.29 is 23.4 Å². The fourth-order valence-corrected chi connectivity index (χ4v) is 3.56. The third kappa shape index (κ3) is 4.14. The molecule has 0 atom stereocenters. The highest BCUT2D eigenvalue weighted by Crippen LogP contribution is 2.22. The average molecular weight is 425 g/mol. The van der Waals surface area contributed by atoms with Crippen molar-refractivity contribution >= 4 is 11.8 Å². The van der Waals surface area contributed by atoms with Crippen molar-refractivity contribution in [1.82, 2.24) is 25.3 Å². The molecule has 3 heterocycles. The van der Waals surface area contributed by atoms with E-state index in [9.17, 15) is 9.59 Å². The number of rotatable bonds is 6. The average Bonchev–Trinajstić information content (AvgIpc) is 3.52. The molecule has 4 rings (SSSR count). The molecule has 3 aromatic rings. The lowest BCUT2D eigenvalue weighted by molar-refractivity contribution is -0.140. The van der Waals surface area contributed by atoms with Crippen LogP contribution in [-0.2, 0) is 11.2 Å². The van der Waals surface area contributed by atoms with E-state index < -0.39 is 0 Å². The van der Waals surface area contributed by atoms with Crippen LogP contribution in [0.15, 0.2) is 33.3 Å². The highest BCUT2D eigenvalue weighted by atomic mass is 16.5. The summed E-state index contributed by atoms with van der Waals surface area (Å²) >= 11 is 0. The van der Waals surface area contributed by atoms with Gasteiger partial charge in [0.15, 0.2) is 0 Å². The Balaban J connectivity index is 1.39. The predicted molar refractivity (Wildman–Crippen MR) is 108 cm³/mol. The fourth-order valence-electron chi connectivity index (χ4n) is 3.56. The Bertz CT molecular complexity index is 1070. The molecular formula is C21H23N5O5. The van der Waals surface area contributed by atoms with E-state index in [1.807, 2.05) is 24.3 Å². The molecule has 2 amide bonds. The molecule has 10 nitrogen and oxygen atoms in total. The van der Waals surface area contributed by atoms with Crippen LogP contribution in [0.3, 0.4) is 0 Å². The molecular weight excluding hydrogens is 402 g/mol. The van der Waals surface area contributed by atoms with Crippen molar-refractivity contribution in [3.8, 4) is 17.1 Å². The van der Waals surface area contributed by atoms with E-state index in [4.69, 9.17) is 13.8 Å². The number of aryl methyl sites for hydroxylation is 3. The van der Waals surface area contributed by atoms with E-state index in [1.54, 1.807) is 21.0 Å². The van der Waals surface area contributed by atoms with Gasteiger partial charge in [0, 0.05) is 31.5 Å². The van der Waals surface area contributed by atoms with Gasteiger partial charge in [-0.2, -0.15) is 4.98 Å². The molecule has 0 saturated carbocycles. The molecule has 0 N–H and O–H groups in total. The second kappa shape index (κ2) is 8.58. The lowest BCUT2D eigenvalue weighted by Crippen LogP contribution is -2.45. The Labute approximate surface area is 178 Å². The van der Waals surface area contributed by atoms with E-state index in [0.29, 0.717) is 48.2 Å². The standard InChI is InChI=1S/C21H23N5O5/c1-13-19(14(2)30-23-13)21(28)26-12-4-11-25(26)18(27)10-9-17-22-20(24-31-17)15-5-7-16(29-3)8-6-15/h5-8H,4,9-12H2,1-3H3. The molecule has 2 aromatic heterocycles. The summed E-state index contributed by atoms with van der Waals surface area (Å²) < 4.78 is 15.5. The molecule has 10 heteroatoms. The van der Waals surface area contributed by atoms with Crippen LogP contribution >= 0.6 is 0 Å².